The summed E-state index contributed by atoms with van der Waals surface area (Å²) in [5, 5.41) is 28.2. The predicted molar refractivity (Wildman–Crippen MR) is 143 cm³/mol. The quantitative estimate of drug-likeness (QED) is 0.102. The topological polar surface area (TPSA) is 67.2 Å². The number of rotatable bonds is 27. The van der Waals surface area contributed by atoms with E-state index in [0.717, 1.165) is 25.9 Å². The molecule has 0 radical (unpaired) electrons. The minimum absolute atomic E-state index is 0.133. The van der Waals surface area contributed by atoms with Gasteiger partial charge in [0.05, 0.1) is 19.4 Å². The van der Waals surface area contributed by atoms with Gasteiger partial charge < -0.3 is 15.3 Å². The first-order valence-corrected chi connectivity index (χ1v) is 14.6. The lowest BCUT2D eigenvalue weighted by atomic mass is 10.0. The van der Waals surface area contributed by atoms with Gasteiger partial charge in [-0.05, 0) is 25.8 Å². The molecule has 0 heterocycles. The van der Waals surface area contributed by atoms with Crippen LogP contribution in [0.4, 0.5) is 0 Å². The highest BCUT2D eigenvalue weighted by Crippen LogP contribution is 2.15. The van der Waals surface area contributed by atoms with Gasteiger partial charge in [-0.1, -0.05) is 110 Å². The second-order valence-corrected chi connectivity index (χ2v) is 9.79. The molecular weight excluding hydrogens is 412 g/mol. The van der Waals surface area contributed by atoms with E-state index in [2.05, 4.69) is 23.6 Å². The first kappa shape index (κ1) is 32.8. The zero-order valence-electron chi connectivity index (χ0n) is 22.5. The Kier molecular flexibility index (Phi) is 26.2. The molecule has 200 valence electrons. The van der Waals surface area contributed by atoms with Gasteiger partial charge in [0.25, 0.3) is 0 Å². The molecule has 0 aromatic heterocycles. The van der Waals surface area contributed by atoms with Gasteiger partial charge >= 0.3 is 0 Å². The molecule has 0 fully saturated rings. The van der Waals surface area contributed by atoms with Crippen molar-refractivity contribution < 1.29 is 15.3 Å². The van der Waals surface area contributed by atoms with Crippen LogP contribution in [0.2, 0.25) is 0 Å². The van der Waals surface area contributed by atoms with Gasteiger partial charge in [-0.15, -0.1) is 0 Å². The monoisotopic (exact) mass is 472 g/mol. The van der Waals surface area contributed by atoms with Gasteiger partial charge in [0.15, 0.2) is 0 Å². The average molecular weight is 473 g/mol. The number of aliphatic hydroxyl groups excluding tert-OH is 3. The summed E-state index contributed by atoms with van der Waals surface area (Å²) in [7, 11) is 0. The molecule has 0 aliphatic carbocycles. The van der Waals surface area contributed by atoms with Crippen molar-refractivity contribution in [2.24, 2.45) is 0 Å². The summed E-state index contributed by atoms with van der Waals surface area (Å²) < 4.78 is 0. The van der Waals surface area contributed by atoms with Crippen LogP contribution >= 0.6 is 0 Å². The molecule has 1 atom stereocenters. The lowest BCUT2D eigenvalue weighted by molar-refractivity contribution is 0.0140. The third-order valence-corrected chi connectivity index (χ3v) is 6.88. The van der Waals surface area contributed by atoms with Crippen molar-refractivity contribution in [1.29, 1.82) is 0 Å². The summed E-state index contributed by atoms with van der Waals surface area (Å²) in [6, 6.07) is 0. The van der Waals surface area contributed by atoms with Gasteiger partial charge in [-0.3, -0.25) is 9.80 Å². The van der Waals surface area contributed by atoms with Gasteiger partial charge in [-0.25, -0.2) is 0 Å². The Hall–Kier alpha value is -0.200. The number of aliphatic hydroxyl groups is 3. The van der Waals surface area contributed by atoms with Crippen molar-refractivity contribution in [3.63, 3.8) is 0 Å². The fourth-order valence-corrected chi connectivity index (χ4v) is 4.96. The van der Waals surface area contributed by atoms with Crippen LogP contribution in [0.15, 0.2) is 0 Å². The first-order chi connectivity index (χ1) is 16.2. The average Bonchev–Trinajstić information content (AvgIpc) is 2.82. The largest absolute Gasteiger partial charge is 0.396 e. The lowest BCUT2D eigenvalue weighted by Crippen LogP contribution is -2.50. The van der Waals surface area contributed by atoms with E-state index >= 15 is 0 Å². The van der Waals surface area contributed by atoms with E-state index in [4.69, 9.17) is 0 Å². The Morgan fingerprint density at radius 1 is 0.424 bits per heavy atom. The van der Waals surface area contributed by atoms with E-state index in [-0.39, 0.29) is 26.0 Å². The van der Waals surface area contributed by atoms with E-state index in [9.17, 15) is 15.3 Å². The molecule has 3 N–H and O–H groups in total. The van der Waals surface area contributed by atoms with Crippen molar-refractivity contribution in [2.45, 2.75) is 136 Å². The standard InChI is InChI=1S/C28H60N2O3/c1-3-5-6-7-8-9-10-11-12-13-14-15-16-17-18-19-21-29(23-26-32)28(4-2)30(24-27-33)22-20-25-31/h28,31-33H,3-27H2,1-2H3. The van der Waals surface area contributed by atoms with Crippen LogP contribution in [0.1, 0.15) is 129 Å². The van der Waals surface area contributed by atoms with Crippen molar-refractivity contribution in [2.75, 3.05) is 46.0 Å². The van der Waals surface area contributed by atoms with Crippen molar-refractivity contribution >= 4 is 0 Å². The van der Waals surface area contributed by atoms with E-state index in [0.29, 0.717) is 13.1 Å². The minimum atomic E-state index is 0.133. The summed E-state index contributed by atoms with van der Waals surface area (Å²) >= 11 is 0. The molecule has 5 heteroatoms. The summed E-state index contributed by atoms with van der Waals surface area (Å²) in [5.41, 5.74) is 0. The Labute approximate surface area is 206 Å². The molecule has 0 rings (SSSR count). The normalized spacial score (nSPS) is 12.8. The Balaban J connectivity index is 3.82. The Morgan fingerprint density at radius 3 is 1.12 bits per heavy atom. The molecule has 0 aliphatic heterocycles. The van der Waals surface area contributed by atoms with E-state index in [1.54, 1.807) is 0 Å². The minimum Gasteiger partial charge on any atom is -0.396 e. The molecule has 33 heavy (non-hydrogen) atoms. The molecule has 1 unspecified atom stereocenters. The summed E-state index contributed by atoms with van der Waals surface area (Å²) in [6.45, 7) is 8.03. The van der Waals surface area contributed by atoms with E-state index in [1.807, 2.05) is 0 Å². The van der Waals surface area contributed by atoms with Crippen LogP contribution in [-0.2, 0) is 0 Å². The molecule has 5 nitrogen and oxygen atoms in total. The third-order valence-electron chi connectivity index (χ3n) is 6.88. The van der Waals surface area contributed by atoms with Gasteiger partial charge in [0.2, 0.25) is 0 Å². The fraction of sp³-hybridized carbons (Fsp3) is 1.00. The molecule has 0 saturated carbocycles. The van der Waals surface area contributed by atoms with Crippen LogP contribution < -0.4 is 0 Å². The second kappa shape index (κ2) is 26.4. The number of hydrogen-bond donors (Lipinski definition) is 3. The van der Waals surface area contributed by atoms with Crippen LogP contribution in [0, 0.1) is 0 Å². The third kappa shape index (κ3) is 19.8. The summed E-state index contributed by atoms with van der Waals surface area (Å²) in [4.78, 5) is 4.63. The molecule has 0 amide bonds. The molecule has 0 bridgehead atoms. The maximum Gasteiger partial charge on any atom is 0.0621 e. The first-order valence-electron chi connectivity index (χ1n) is 14.6. The number of nitrogens with zero attached hydrogens (tertiary/aromatic N) is 2. The molecule has 0 aliphatic rings. The summed E-state index contributed by atoms with van der Waals surface area (Å²) in [6.07, 6.45) is 24.0. The van der Waals surface area contributed by atoms with E-state index in [1.165, 1.54) is 103 Å². The second-order valence-electron chi connectivity index (χ2n) is 9.79. The molecule has 0 spiro atoms. The van der Waals surface area contributed by atoms with Crippen LogP contribution in [0.5, 0.6) is 0 Å². The van der Waals surface area contributed by atoms with Crippen molar-refractivity contribution in [3.8, 4) is 0 Å². The van der Waals surface area contributed by atoms with Gasteiger partial charge in [-0.2, -0.15) is 0 Å². The van der Waals surface area contributed by atoms with Gasteiger partial charge in [0.1, 0.15) is 0 Å². The smallest absolute Gasteiger partial charge is 0.0621 e. The zero-order chi connectivity index (χ0) is 24.4. The SMILES string of the molecule is CCCCCCCCCCCCCCCCCCN(CCO)C(CC)N(CCO)CCCO. The molecular formula is C28H60N2O3. The maximum absolute atomic E-state index is 9.55. The highest BCUT2D eigenvalue weighted by Gasteiger charge is 2.22. The number of hydrogen-bond acceptors (Lipinski definition) is 5. The molecule has 0 aromatic rings. The van der Waals surface area contributed by atoms with Crippen LogP contribution in [-0.4, -0.2) is 77.3 Å². The van der Waals surface area contributed by atoms with E-state index < -0.39 is 0 Å². The van der Waals surface area contributed by atoms with Crippen LogP contribution in [0.3, 0.4) is 0 Å². The highest BCUT2D eigenvalue weighted by molar-refractivity contribution is 4.73. The van der Waals surface area contributed by atoms with Crippen molar-refractivity contribution in [1.82, 2.24) is 9.80 Å². The number of unbranched alkanes of at least 4 members (excludes halogenated alkanes) is 15. The maximum atomic E-state index is 9.55. The highest BCUT2D eigenvalue weighted by atomic mass is 16.3. The van der Waals surface area contributed by atoms with Crippen molar-refractivity contribution in [3.05, 3.63) is 0 Å². The fourth-order valence-electron chi connectivity index (χ4n) is 4.96. The molecule has 0 aromatic carbocycles. The lowest BCUT2D eigenvalue weighted by Gasteiger charge is -2.39. The zero-order valence-corrected chi connectivity index (χ0v) is 22.5. The molecule has 0 saturated heterocycles. The van der Waals surface area contributed by atoms with Crippen LogP contribution in [0.25, 0.3) is 0 Å². The summed E-state index contributed by atoms with van der Waals surface area (Å²) in [5.74, 6) is 0. The predicted octanol–water partition coefficient (Wildman–Crippen LogP) is 5.96. The Morgan fingerprint density at radius 2 is 0.788 bits per heavy atom. The Bertz CT molecular complexity index is 371. The van der Waals surface area contributed by atoms with Gasteiger partial charge in [0, 0.05) is 26.2 Å².